The van der Waals surface area contributed by atoms with Crippen molar-refractivity contribution in [3.8, 4) is 0 Å². The molecule has 3 heteroatoms. The fourth-order valence-corrected chi connectivity index (χ4v) is 2.96. The van der Waals surface area contributed by atoms with E-state index >= 15 is 0 Å². The molecular weight excluding hydrogens is 236 g/mol. The van der Waals surface area contributed by atoms with Gasteiger partial charge in [-0.05, 0) is 37.0 Å². The Bertz CT molecular complexity index is 561. The van der Waals surface area contributed by atoms with E-state index in [2.05, 4.69) is 36.3 Å². The number of nitrogens with one attached hydrogen (secondary N) is 1. The van der Waals surface area contributed by atoms with Crippen LogP contribution in [0.1, 0.15) is 45.4 Å². The molecule has 0 radical (unpaired) electrons. The molecule has 1 fully saturated rings. The summed E-state index contributed by atoms with van der Waals surface area (Å²) in [7, 11) is 0. The monoisotopic (exact) mass is 258 g/mol. The molecule has 0 bridgehead atoms. The Labute approximate surface area is 114 Å². The summed E-state index contributed by atoms with van der Waals surface area (Å²) in [6, 6.07) is 6.84. The van der Waals surface area contributed by atoms with Crippen molar-refractivity contribution < 1.29 is 4.42 Å². The molecule has 2 unspecified atom stereocenters. The molecule has 1 N–H and O–H groups in total. The van der Waals surface area contributed by atoms with E-state index in [0.717, 1.165) is 29.3 Å². The van der Waals surface area contributed by atoms with E-state index in [1.54, 1.807) is 0 Å². The van der Waals surface area contributed by atoms with Crippen LogP contribution in [0.5, 0.6) is 0 Å². The van der Waals surface area contributed by atoms with E-state index in [0.29, 0.717) is 6.04 Å². The highest BCUT2D eigenvalue weighted by atomic mass is 16.3. The summed E-state index contributed by atoms with van der Waals surface area (Å²) >= 11 is 0. The molecule has 1 heterocycles. The smallest absolute Gasteiger partial charge is 0.195 e. The second-order valence-corrected chi connectivity index (χ2v) is 5.66. The number of benzene rings is 1. The van der Waals surface area contributed by atoms with E-state index in [-0.39, 0.29) is 0 Å². The summed E-state index contributed by atoms with van der Waals surface area (Å²) in [5.41, 5.74) is 3.02. The van der Waals surface area contributed by atoms with Crippen molar-refractivity contribution in [3.05, 3.63) is 24.1 Å². The molecule has 1 aliphatic rings. The standard InChI is InChI=1S/C16H22N2O/c1-3-16-18-14-10-12(8-9-15(14)19-16)17-13-7-5-4-6-11(13)2/h8-11,13,17H,3-7H2,1-2H3. The van der Waals surface area contributed by atoms with Gasteiger partial charge in [0.25, 0.3) is 0 Å². The molecule has 1 saturated carbocycles. The van der Waals surface area contributed by atoms with Crippen LogP contribution >= 0.6 is 0 Å². The molecule has 1 aromatic carbocycles. The number of anilines is 1. The van der Waals surface area contributed by atoms with Gasteiger partial charge in [0, 0.05) is 18.2 Å². The molecule has 2 atom stereocenters. The van der Waals surface area contributed by atoms with Gasteiger partial charge in [-0.3, -0.25) is 0 Å². The largest absolute Gasteiger partial charge is 0.441 e. The summed E-state index contributed by atoms with van der Waals surface area (Å²) in [4.78, 5) is 4.50. The van der Waals surface area contributed by atoms with E-state index in [9.17, 15) is 0 Å². The van der Waals surface area contributed by atoms with Gasteiger partial charge in [0.1, 0.15) is 5.52 Å². The van der Waals surface area contributed by atoms with Crippen molar-refractivity contribution in [1.82, 2.24) is 4.98 Å². The lowest BCUT2D eigenvalue weighted by molar-refractivity contribution is 0.349. The van der Waals surface area contributed by atoms with Crippen LogP contribution in [0.2, 0.25) is 0 Å². The van der Waals surface area contributed by atoms with Gasteiger partial charge in [-0.15, -0.1) is 0 Å². The average Bonchev–Trinajstić information content (AvgIpc) is 2.83. The number of fused-ring (bicyclic) bond motifs is 1. The average molecular weight is 258 g/mol. The third-order valence-corrected chi connectivity index (χ3v) is 4.20. The van der Waals surface area contributed by atoms with Crippen LogP contribution in [-0.4, -0.2) is 11.0 Å². The van der Waals surface area contributed by atoms with Crippen LogP contribution in [0.4, 0.5) is 5.69 Å². The zero-order valence-electron chi connectivity index (χ0n) is 11.8. The van der Waals surface area contributed by atoms with Gasteiger partial charge < -0.3 is 9.73 Å². The van der Waals surface area contributed by atoms with Gasteiger partial charge in [-0.1, -0.05) is 26.7 Å². The molecule has 102 valence electrons. The Morgan fingerprint density at radius 1 is 1.32 bits per heavy atom. The number of oxazole rings is 1. The molecule has 0 amide bonds. The summed E-state index contributed by atoms with van der Waals surface area (Å²) < 4.78 is 5.64. The van der Waals surface area contributed by atoms with Gasteiger partial charge in [0.15, 0.2) is 11.5 Å². The maximum Gasteiger partial charge on any atom is 0.195 e. The fourth-order valence-electron chi connectivity index (χ4n) is 2.96. The number of hydrogen-bond acceptors (Lipinski definition) is 3. The maximum atomic E-state index is 5.64. The molecule has 3 nitrogen and oxygen atoms in total. The first kappa shape index (κ1) is 12.5. The Hall–Kier alpha value is -1.51. The molecule has 19 heavy (non-hydrogen) atoms. The molecular formula is C16H22N2O. The predicted molar refractivity (Wildman–Crippen MR) is 78.4 cm³/mol. The Morgan fingerprint density at radius 3 is 2.95 bits per heavy atom. The highest BCUT2D eigenvalue weighted by molar-refractivity contribution is 5.77. The van der Waals surface area contributed by atoms with Crippen LogP contribution < -0.4 is 5.32 Å². The van der Waals surface area contributed by atoms with Crippen LogP contribution in [-0.2, 0) is 6.42 Å². The zero-order valence-corrected chi connectivity index (χ0v) is 11.8. The van der Waals surface area contributed by atoms with Crippen LogP contribution in [0.15, 0.2) is 22.6 Å². The normalized spacial score (nSPS) is 23.7. The number of rotatable bonds is 3. The summed E-state index contributed by atoms with van der Waals surface area (Å²) in [6.07, 6.45) is 6.18. The fraction of sp³-hybridized carbons (Fsp3) is 0.562. The van der Waals surface area contributed by atoms with Crippen molar-refractivity contribution in [1.29, 1.82) is 0 Å². The molecule has 0 spiro atoms. The van der Waals surface area contributed by atoms with Crippen molar-refractivity contribution in [2.45, 2.75) is 52.0 Å². The van der Waals surface area contributed by atoms with Crippen LogP contribution in [0.25, 0.3) is 11.1 Å². The van der Waals surface area contributed by atoms with Gasteiger partial charge in [0.2, 0.25) is 0 Å². The number of aryl methyl sites for hydroxylation is 1. The predicted octanol–water partition coefficient (Wildman–Crippen LogP) is 4.38. The second-order valence-electron chi connectivity index (χ2n) is 5.66. The first-order chi connectivity index (χ1) is 9.26. The lowest BCUT2D eigenvalue weighted by Gasteiger charge is -2.30. The molecule has 0 saturated heterocycles. The quantitative estimate of drug-likeness (QED) is 0.887. The minimum absolute atomic E-state index is 0.601. The van der Waals surface area contributed by atoms with Gasteiger partial charge in [-0.2, -0.15) is 0 Å². The number of nitrogens with zero attached hydrogens (tertiary/aromatic N) is 1. The van der Waals surface area contributed by atoms with Crippen molar-refractivity contribution in [2.24, 2.45) is 5.92 Å². The summed E-state index contributed by atoms with van der Waals surface area (Å²) in [6.45, 7) is 4.41. The van der Waals surface area contributed by atoms with Crippen LogP contribution in [0.3, 0.4) is 0 Å². The zero-order chi connectivity index (χ0) is 13.2. The van der Waals surface area contributed by atoms with E-state index in [1.165, 1.54) is 31.4 Å². The lowest BCUT2D eigenvalue weighted by Crippen LogP contribution is -2.30. The van der Waals surface area contributed by atoms with Crippen LogP contribution in [0, 0.1) is 5.92 Å². The molecule has 2 aromatic rings. The molecule has 0 aliphatic heterocycles. The second kappa shape index (κ2) is 5.24. The van der Waals surface area contributed by atoms with E-state index in [4.69, 9.17) is 4.42 Å². The number of aromatic nitrogens is 1. The van der Waals surface area contributed by atoms with E-state index in [1.807, 2.05) is 6.07 Å². The minimum Gasteiger partial charge on any atom is -0.441 e. The Kier molecular flexibility index (Phi) is 3.45. The molecule has 1 aromatic heterocycles. The first-order valence-corrected chi connectivity index (χ1v) is 7.42. The van der Waals surface area contributed by atoms with E-state index < -0.39 is 0 Å². The van der Waals surface area contributed by atoms with Crippen molar-refractivity contribution >= 4 is 16.8 Å². The summed E-state index contributed by atoms with van der Waals surface area (Å²) in [5.74, 6) is 1.58. The lowest BCUT2D eigenvalue weighted by atomic mass is 9.86. The van der Waals surface area contributed by atoms with Crippen molar-refractivity contribution in [3.63, 3.8) is 0 Å². The first-order valence-electron chi connectivity index (χ1n) is 7.42. The summed E-state index contributed by atoms with van der Waals surface area (Å²) in [5, 5.41) is 3.67. The highest BCUT2D eigenvalue weighted by Crippen LogP contribution is 2.28. The molecule has 1 aliphatic carbocycles. The van der Waals surface area contributed by atoms with Crippen molar-refractivity contribution in [2.75, 3.05) is 5.32 Å². The third kappa shape index (κ3) is 2.60. The highest BCUT2D eigenvalue weighted by Gasteiger charge is 2.21. The molecule has 3 rings (SSSR count). The topological polar surface area (TPSA) is 38.1 Å². The van der Waals surface area contributed by atoms with Gasteiger partial charge in [-0.25, -0.2) is 4.98 Å². The third-order valence-electron chi connectivity index (χ3n) is 4.20. The van der Waals surface area contributed by atoms with Gasteiger partial charge >= 0.3 is 0 Å². The Morgan fingerprint density at radius 2 is 2.16 bits per heavy atom. The number of hydrogen-bond donors (Lipinski definition) is 1. The van der Waals surface area contributed by atoms with Gasteiger partial charge in [0.05, 0.1) is 0 Å². The SMILES string of the molecule is CCc1nc2cc(NC3CCCCC3C)ccc2o1. The minimum atomic E-state index is 0.601. The Balaban J connectivity index is 1.80. The maximum absolute atomic E-state index is 5.64.